The van der Waals surface area contributed by atoms with Crippen LogP contribution in [0.1, 0.15) is 24.9 Å². The van der Waals surface area contributed by atoms with Crippen molar-refractivity contribution in [1.29, 1.82) is 0 Å². The summed E-state index contributed by atoms with van der Waals surface area (Å²) in [5.74, 6) is 1.58. The summed E-state index contributed by atoms with van der Waals surface area (Å²) in [6.45, 7) is 4.02. The molecule has 1 heterocycles. The summed E-state index contributed by atoms with van der Waals surface area (Å²) in [6, 6.07) is 6.09. The Morgan fingerprint density at radius 2 is 2.37 bits per heavy atom. The summed E-state index contributed by atoms with van der Waals surface area (Å²) in [5.41, 5.74) is 1.17. The van der Waals surface area contributed by atoms with E-state index in [1.807, 2.05) is 18.2 Å². The highest BCUT2D eigenvalue weighted by molar-refractivity contribution is 5.75. The molecular weight excluding hydrogens is 244 g/mol. The summed E-state index contributed by atoms with van der Waals surface area (Å²) < 4.78 is 11.2. The average molecular weight is 264 g/mol. The Hall–Kier alpha value is -1.75. The van der Waals surface area contributed by atoms with E-state index in [1.165, 1.54) is 5.56 Å². The van der Waals surface area contributed by atoms with Gasteiger partial charge in [-0.2, -0.15) is 0 Å². The first-order chi connectivity index (χ1) is 9.24. The van der Waals surface area contributed by atoms with E-state index in [1.54, 1.807) is 7.05 Å². The number of hydrogen-bond acceptors (Lipinski definition) is 4. The molecule has 1 aromatic rings. The maximum atomic E-state index is 11.1. The molecule has 0 aliphatic carbocycles. The Morgan fingerprint density at radius 1 is 1.53 bits per heavy atom. The summed E-state index contributed by atoms with van der Waals surface area (Å²) in [5, 5.41) is 5.93. The van der Waals surface area contributed by atoms with Crippen LogP contribution in [0.5, 0.6) is 11.5 Å². The molecule has 0 bridgehead atoms. The summed E-state index contributed by atoms with van der Waals surface area (Å²) >= 11 is 0. The molecule has 1 unspecified atom stereocenters. The SMILES string of the molecule is CCNC1COc2cc(OCCC(=O)NC)ccc21. The molecule has 1 aliphatic rings. The quantitative estimate of drug-likeness (QED) is 0.811. The number of benzene rings is 1. The van der Waals surface area contributed by atoms with Crippen LogP contribution in [0.3, 0.4) is 0 Å². The van der Waals surface area contributed by atoms with Crippen LogP contribution < -0.4 is 20.1 Å². The monoisotopic (exact) mass is 264 g/mol. The second kappa shape index (κ2) is 6.43. The molecule has 0 fully saturated rings. The van der Waals surface area contributed by atoms with Gasteiger partial charge in [0.05, 0.1) is 19.1 Å². The van der Waals surface area contributed by atoms with E-state index in [4.69, 9.17) is 9.47 Å². The van der Waals surface area contributed by atoms with Gasteiger partial charge in [0.2, 0.25) is 5.91 Å². The van der Waals surface area contributed by atoms with Crippen molar-refractivity contribution in [3.8, 4) is 11.5 Å². The van der Waals surface area contributed by atoms with Crippen LogP contribution in [0.15, 0.2) is 18.2 Å². The van der Waals surface area contributed by atoms with Crippen LogP contribution in [0.2, 0.25) is 0 Å². The number of nitrogens with one attached hydrogen (secondary N) is 2. The van der Waals surface area contributed by atoms with Gasteiger partial charge in [-0.05, 0) is 18.7 Å². The zero-order valence-corrected chi connectivity index (χ0v) is 11.4. The molecule has 5 heteroatoms. The Kier molecular flexibility index (Phi) is 4.63. The van der Waals surface area contributed by atoms with Gasteiger partial charge < -0.3 is 20.1 Å². The van der Waals surface area contributed by atoms with Crippen molar-refractivity contribution in [2.75, 3.05) is 26.8 Å². The largest absolute Gasteiger partial charge is 0.493 e. The van der Waals surface area contributed by atoms with Crippen molar-refractivity contribution in [2.24, 2.45) is 0 Å². The van der Waals surface area contributed by atoms with Crippen LogP contribution in [-0.2, 0) is 4.79 Å². The molecule has 0 aromatic heterocycles. The Balaban J connectivity index is 1.93. The summed E-state index contributed by atoms with van der Waals surface area (Å²) in [4.78, 5) is 11.1. The third-order valence-electron chi connectivity index (χ3n) is 3.09. The van der Waals surface area contributed by atoms with E-state index in [2.05, 4.69) is 17.6 Å². The number of amides is 1. The van der Waals surface area contributed by atoms with Gasteiger partial charge in [-0.25, -0.2) is 0 Å². The van der Waals surface area contributed by atoms with E-state index in [-0.39, 0.29) is 11.9 Å². The first-order valence-electron chi connectivity index (χ1n) is 6.58. The molecule has 2 N–H and O–H groups in total. The van der Waals surface area contributed by atoms with Crippen molar-refractivity contribution < 1.29 is 14.3 Å². The molecule has 1 amide bonds. The molecule has 5 nitrogen and oxygen atoms in total. The van der Waals surface area contributed by atoms with Gasteiger partial charge in [-0.3, -0.25) is 4.79 Å². The Bertz CT molecular complexity index is 448. The number of ether oxygens (including phenoxy) is 2. The predicted molar refractivity (Wildman–Crippen MR) is 72.5 cm³/mol. The van der Waals surface area contributed by atoms with E-state index in [0.29, 0.717) is 19.6 Å². The van der Waals surface area contributed by atoms with E-state index >= 15 is 0 Å². The lowest BCUT2D eigenvalue weighted by Crippen LogP contribution is -2.21. The highest BCUT2D eigenvalue weighted by atomic mass is 16.5. The van der Waals surface area contributed by atoms with Gasteiger partial charge in [0.1, 0.15) is 18.1 Å². The predicted octanol–water partition coefficient (Wildman–Crippen LogP) is 1.24. The normalized spacial score (nSPS) is 16.6. The maximum absolute atomic E-state index is 11.1. The molecule has 1 aromatic carbocycles. The molecule has 1 atom stereocenters. The van der Waals surface area contributed by atoms with Gasteiger partial charge in [0, 0.05) is 18.7 Å². The van der Waals surface area contributed by atoms with Crippen LogP contribution in [0.4, 0.5) is 0 Å². The number of likely N-dealkylation sites (N-methyl/N-ethyl adjacent to an activating group) is 1. The van der Waals surface area contributed by atoms with Crippen molar-refractivity contribution in [3.63, 3.8) is 0 Å². The van der Waals surface area contributed by atoms with Gasteiger partial charge >= 0.3 is 0 Å². The first kappa shape index (κ1) is 13.7. The van der Waals surface area contributed by atoms with Gasteiger partial charge in [0.15, 0.2) is 0 Å². The maximum Gasteiger partial charge on any atom is 0.223 e. The lowest BCUT2D eigenvalue weighted by Gasteiger charge is -2.10. The van der Waals surface area contributed by atoms with E-state index < -0.39 is 0 Å². The zero-order valence-electron chi connectivity index (χ0n) is 11.4. The second-order valence-electron chi connectivity index (χ2n) is 4.39. The molecule has 0 spiro atoms. The van der Waals surface area contributed by atoms with Crippen molar-refractivity contribution in [2.45, 2.75) is 19.4 Å². The Morgan fingerprint density at radius 3 is 3.11 bits per heavy atom. The fourth-order valence-electron chi connectivity index (χ4n) is 2.08. The zero-order chi connectivity index (χ0) is 13.7. The highest BCUT2D eigenvalue weighted by Gasteiger charge is 2.23. The minimum atomic E-state index is -0.0235. The highest BCUT2D eigenvalue weighted by Crippen LogP contribution is 2.35. The van der Waals surface area contributed by atoms with Crippen molar-refractivity contribution >= 4 is 5.91 Å². The summed E-state index contributed by atoms with van der Waals surface area (Å²) in [6.07, 6.45) is 0.356. The fourth-order valence-corrected chi connectivity index (χ4v) is 2.08. The van der Waals surface area contributed by atoms with E-state index in [0.717, 1.165) is 18.0 Å². The molecule has 19 heavy (non-hydrogen) atoms. The first-order valence-corrected chi connectivity index (χ1v) is 6.58. The third kappa shape index (κ3) is 3.38. The molecule has 2 rings (SSSR count). The lowest BCUT2D eigenvalue weighted by molar-refractivity contribution is -0.121. The molecule has 0 radical (unpaired) electrons. The van der Waals surface area contributed by atoms with Crippen LogP contribution >= 0.6 is 0 Å². The van der Waals surface area contributed by atoms with Crippen LogP contribution in [0.25, 0.3) is 0 Å². The molecule has 104 valence electrons. The molecule has 1 aliphatic heterocycles. The number of rotatable bonds is 6. The third-order valence-corrected chi connectivity index (χ3v) is 3.09. The van der Waals surface area contributed by atoms with Gasteiger partial charge in [0.25, 0.3) is 0 Å². The van der Waals surface area contributed by atoms with Crippen LogP contribution in [0, 0.1) is 0 Å². The molecule has 0 saturated heterocycles. The molecular formula is C14H20N2O3. The topological polar surface area (TPSA) is 59.6 Å². The minimum absolute atomic E-state index is 0.0235. The molecule has 0 saturated carbocycles. The standard InChI is InChI=1S/C14H20N2O3/c1-3-16-12-9-19-13-8-10(4-5-11(12)13)18-7-6-14(17)15-2/h4-5,8,12,16H,3,6-7,9H2,1-2H3,(H,15,17). The number of fused-ring (bicyclic) bond motifs is 1. The van der Waals surface area contributed by atoms with E-state index in [9.17, 15) is 4.79 Å². The number of carbonyl (C=O) groups is 1. The smallest absolute Gasteiger partial charge is 0.223 e. The van der Waals surface area contributed by atoms with Gasteiger partial charge in [-0.15, -0.1) is 0 Å². The fraction of sp³-hybridized carbons (Fsp3) is 0.500. The average Bonchev–Trinajstić information content (AvgIpc) is 2.82. The summed E-state index contributed by atoms with van der Waals surface area (Å²) in [7, 11) is 1.62. The lowest BCUT2D eigenvalue weighted by atomic mass is 10.1. The number of hydrogen-bond donors (Lipinski definition) is 2. The second-order valence-corrected chi connectivity index (χ2v) is 4.39. The Labute approximate surface area is 113 Å². The number of carbonyl (C=O) groups excluding carboxylic acids is 1. The van der Waals surface area contributed by atoms with Crippen LogP contribution in [-0.4, -0.2) is 32.7 Å². The minimum Gasteiger partial charge on any atom is -0.493 e. The van der Waals surface area contributed by atoms with Crippen molar-refractivity contribution in [1.82, 2.24) is 10.6 Å². The van der Waals surface area contributed by atoms with Crippen molar-refractivity contribution in [3.05, 3.63) is 23.8 Å². The van der Waals surface area contributed by atoms with Gasteiger partial charge in [-0.1, -0.05) is 6.92 Å².